The molecule has 3 nitrogen and oxygen atoms in total. The van der Waals surface area contributed by atoms with E-state index in [1.165, 1.54) is 0 Å². The number of benzene rings is 1. The molecule has 15 heavy (non-hydrogen) atoms. The summed E-state index contributed by atoms with van der Waals surface area (Å²) in [5, 5.41) is 8.54. The summed E-state index contributed by atoms with van der Waals surface area (Å²) in [6.45, 7) is 3.85. The van der Waals surface area contributed by atoms with Crippen LogP contribution in [0.25, 0.3) is 0 Å². The Hall–Kier alpha value is -1.35. The predicted molar refractivity (Wildman–Crippen MR) is 58.1 cm³/mol. The van der Waals surface area contributed by atoms with Gasteiger partial charge in [-0.15, -0.1) is 0 Å². The summed E-state index contributed by atoms with van der Waals surface area (Å²) in [5.74, 6) is 0.643. The Bertz CT molecular complexity index is 324. The minimum atomic E-state index is -0.407. The number of Topliss-reactive ketones (excluding diaryl/α,β-unsaturated/α-hetero) is 1. The maximum Gasteiger partial charge on any atom is 0.161 e. The fraction of sp³-hybridized carbons (Fsp3) is 0.417. The molecule has 0 spiro atoms. The van der Waals surface area contributed by atoms with E-state index in [0.717, 1.165) is 16.9 Å². The van der Waals surface area contributed by atoms with Gasteiger partial charge in [0, 0.05) is 6.42 Å². The van der Waals surface area contributed by atoms with Crippen LogP contribution >= 0.6 is 0 Å². The van der Waals surface area contributed by atoms with Gasteiger partial charge in [-0.1, -0.05) is 18.2 Å². The van der Waals surface area contributed by atoms with E-state index >= 15 is 0 Å². The van der Waals surface area contributed by atoms with Crippen molar-refractivity contribution in [1.29, 1.82) is 0 Å². The van der Waals surface area contributed by atoms with Crippen molar-refractivity contribution in [2.45, 2.75) is 20.3 Å². The normalized spacial score (nSPS) is 10.1. The number of rotatable bonds is 5. The van der Waals surface area contributed by atoms with Gasteiger partial charge in [-0.25, -0.2) is 0 Å². The van der Waals surface area contributed by atoms with Crippen LogP contribution in [0.15, 0.2) is 18.2 Å². The first-order chi connectivity index (χ1) is 7.15. The second kappa shape index (κ2) is 5.51. The zero-order chi connectivity index (χ0) is 11.3. The first-order valence-corrected chi connectivity index (χ1v) is 4.96. The number of carbonyl (C=O) groups excluding carboxylic acids is 1. The predicted octanol–water partition coefficient (Wildman–Crippen LogP) is 1.63. The standard InChI is InChI=1S/C12H16O3/c1-9-4-3-5-10(2)12(9)15-7-6-11(14)8-13/h3-5,13H,6-8H2,1-2H3. The van der Waals surface area contributed by atoms with Crippen molar-refractivity contribution in [1.82, 2.24) is 0 Å². The maximum absolute atomic E-state index is 10.8. The van der Waals surface area contributed by atoms with Crippen molar-refractivity contribution >= 4 is 5.78 Å². The van der Waals surface area contributed by atoms with Crippen LogP contribution in [0.5, 0.6) is 5.75 Å². The van der Waals surface area contributed by atoms with Crippen molar-refractivity contribution in [3.8, 4) is 5.75 Å². The van der Waals surface area contributed by atoms with Crippen LogP contribution in [0.2, 0.25) is 0 Å². The third-order valence-corrected chi connectivity index (χ3v) is 2.21. The average molecular weight is 208 g/mol. The summed E-state index contributed by atoms with van der Waals surface area (Å²) in [4.78, 5) is 10.8. The minimum Gasteiger partial charge on any atom is -0.493 e. The summed E-state index contributed by atoms with van der Waals surface area (Å²) in [5.41, 5.74) is 2.12. The molecule has 0 aliphatic heterocycles. The molecule has 1 aromatic carbocycles. The Morgan fingerprint density at radius 2 is 1.93 bits per heavy atom. The molecule has 0 radical (unpaired) electrons. The van der Waals surface area contributed by atoms with Gasteiger partial charge in [0.25, 0.3) is 0 Å². The lowest BCUT2D eigenvalue weighted by Crippen LogP contribution is -2.10. The van der Waals surface area contributed by atoms with Crippen molar-refractivity contribution in [3.63, 3.8) is 0 Å². The lowest BCUT2D eigenvalue weighted by atomic mass is 10.1. The Morgan fingerprint density at radius 3 is 2.47 bits per heavy atom. The highest BCUT2D eigenvalue weighted by molar-refractivity contribution is 5.79. The molecule has 0 aromatic heterocycles. The summed E-state index contributed by atoms with van der Waals surface area (Å²) >= 11 is 0. The van der Waals surface area contributed by atoms with Crippen molar-refractivity contribution in [2.24, 2.45) is 0 Å². The Labute approximate surface area is 89.7 Å². The van der Waals surface area contributed by atoms with Crippen LogP contribution in [0.3, 0.4) is 0 Å². The molecule has 0 aliphatic carbocycles. The topological polar surface area (TPSA) is 46.5 Å². The molecule has 82 valence electrons. The van der Waals surface area contributed by atoms with E-state index in [-0.39, 0.29) is 12.2 Å². The molecule has 1 N–H and O–H groups in total. The van der Waals surface area contributed by atoms with Gasteiger partial charge in [0.15, 0.2) is 5.78 Å². The number of ketones is 1. The first kappa shape index (κ1) is 11.7. The van der Waals surface area contributed by atoms with E-state index in [1.54, 1.807) is 0 Å². The smallest absolute Gasteiger partial charge is 0.161 e. The summed E-state index contributed by atoms with van der Waals surface area (Å²) in [6.07, 6.45) is 0.254. The van der Waals surface area contributed by atoms with Crippen molar-refractivity contribution < 1.29 is 14.6 Å². The van der Waals surface area contributed by atoms with Gasteiger partial charge >= 0.3 is 0 Å². The molecule has 0 saturated heterocycles. The van der Waals surface area contributed by atoms with Crippen LogP contribution in [0.1, 0.15) is 17.5 Å². The fourth-order valence-electron chi connectivity index (χ4n) is 1.37. The van der Waals surface area contributed by atoms with Crippen LogP contribution in [-0.2, 0) is 4.79 Å². The number of aliphatic hydroxyl groups is 1. The highest BCUT2D eigenvalue weighted by Gasteiger charge is 2.04. The molecule has 0 atom stereocenters. The molecule has 1 aromatic rings. The molecule has 0 aliphatic rings. The third-order valence-electron chi connectivity index (χ3n) is 2.21. The highest BCUT2D eigenvalue weighted by Crippen LogP contribution is 2.22. The van der Waals surface area contributed by atoms with E-state index in [2.05, 4.69) is 0 Å². The molecule has 0 heterocycles. The van der Waals surface area contributed by atoms with E-state index < -0.39 is 6.61 Å². The largest absolute Gasteiger partial charge is 0.493 e. The Balaban J connectivity index is 2.54. The van der Waals surface area contributed by atoms with E-state index in [4.69, 9.17) is 9.84 Å². The molecular weight excluding hydrogens is 192 g/mol. The maximum atomic E-state index is 10.8. The quantitative estimate of drug-likeness (QED) is 0.800. The monoisotopic (exact) mass is 208 g/mol. The number of aliphatic hydroxyl groups excluding tert-OH is 1. The fourth-order valence-corrected chi connectivity index (χ4v) is 1.37. The molecule has 1 rings (SSSR count). The third kappa shape index (κ3) is 3.36. The lowest BCUT2D eigenvalue weighted by Gasteiger charge is -2.10. The zero-order valence-corrected chi connectivity index (χ0v) is 9.12. The second-order valence-electron chi connectivity index (χ2n) is 3.52. The first-order valence-electron chi connectivity index (χ1n) is 4.96. The number of hydrogen-bond acceptors (Lipinski definition) is 3. The number of hydrogen-bond donors (Lipinski definition) is 1. The minimum absolute atomic E-state index is 0.193. The van der Waals surface area contributed by atoms with Crippen LogP contribution in [0.4, 0.5) is 0 Å². The lowest BCUT2D eigenvalue weighted by molar-refractivity contribution is -0.122. The summed E-state index contributed by atoms with van der Waals surface area (Å²) < 4.78 is 5.51. The number of para-hydroxylation sites is 1. The second-order valence-corrected chi connectivity index (χ2v) is 3.52. The van der Waals surface area contributed by atoms with Crippen molar-refractivity contribution in [3.05, 3.63) is 29.3 Å². The van der Waals surface area contributed by atoms with E-state index in [9.17, 15) is 4.79 Å². The molecule has 0 saturated carbocycles. The molecular formula is C12H16O3. The molecule has 0 unspecified atom stereocenters. The number of ether oxygens (including phenoxy) is 1. The van der Waals surface area contributed by atoms with Gasteiger partial charge in [-0.3, -0.25) is 4.79 Å². The SMILES string of the molecule is Cc1cccc(C)c1OCCC(=O)CO. The van der Waals surface area contributed by atoms with Crippen LogP contribution in [-0.4, -0.2) is 24.1 Å². The van der Waals surface area contributed by atoms with Gasteiger partial charge in [0.05, 0.1) is 6.61 Å². The average Bonchev–Trinajstić information content (AvgIpc) is 2.22. The van der Waals surface area contributed by atoms with Crippen LogP contribution < -0.4 is 4.74 Å². The summed E-state index contributed by atoms with van der Waals surface area (Å²) in [7, 11) is 0. The number of aryl methyl sites for hydroxylation is 2. The molecule has 0 bridgehead atoms. The van der Waals surface area contributed by atoms with Gasteiger partial charge in [-0.05, 0) is 25.0 Å². The Kier molecular flexibility index (Phi) is 4.31. The number of carbonyl (C=O) groups is 1. The highest BCUT2D eigenvalue weighted by atomic mass is 16.5. The molecule has 0 fully saturated rings. The molecule has 0 amide bonds. The summed E-state index contributed by atoms with van der Waals surface area (Å²) in [6, 6.07) is 5.91. The van der Waals surface area contributed by atoms with Gasteiger partial charge < -0.3 is 9.84 Å². The molecule has 3 heteroatoms. The van der Waals surface area contributed by atoms with Gasteiger partial charge in [-0.2, -0.15) is 0 Å². The van der Waals surface area contributed by atoms with Gasteiger partial charge in [0.1, 0.15) is 12.4 Å². The zero-order valence-electron chi connectivity index (χ0n) is 9.12. The van der Waals surface area contributed by atoms with E-state index in [1.807, 2.05) is 32.0 Å². The van der Waals surface area contributed by atoms with Gasteiger partial charge in [0.2, 0.25) is 0 Å². The Morgan fingerprint density at radius 1 is 1.33 bits per heavy atom. The van der Waals surface area contributed by atoms with E-state index in [0.29, 0.717) is 6.61 Å². The van der Waals surface area contributed by atoms with Crippen molar-refractivity contribution in [2.75, 3.05) is 13.2 Å². The van der Waals surface area contributed by atoms with Crippen LogP contribution in [0, 0.1) is 13.8 Å².